The first-order valence-corrected chi connectivity index (χ1v) is 14.1. The molecule has 0 radical (unpaired) electrons. The zero-order valence-electron chi connectivity index (χ0n) is 22.9. The Morgan fingerprint density at radius 3 is 2.60 bits per heavy atom. The molecule has 3 aliphatic rings. The summed E-state index contributed by atoms with van der Waals surface area (Å²) in [5.74, 6) is 0.340. The molecule has 1 saturated carbocycles. The lowest BCUT2D eigenvalue weighted by molar-refractivity contribution is -0.0964. The van der Waals surface area contributed by atoms with E-state index in [2.05, 4.69) is 31.4 Å². The number of amides is 2. The Morgan fingerprint density at radius 2 is 1.88 bits per heavy atom. The van der Waals surface area contributed by atoms with Crippen molar-refractivity contribution in [3.8, 4) is 16.9 Å². The molecule has 2 aromatic carbocycles. The summed E-state index contributed by atoms with van der Waals surface area (Å²) in [6.45, 7) is 4.16. The molecule has 0 saturated heterocycles. The first-order chi connectivity index (χ1) is 20.0. The third-order valence-corrected chi connectivity index (χ3v) is 8.05. The predicted molar refractivity (Wildman–Crippen MR) is 153 cm³/mol. The van der Waals surface area contributed by atoms with E-state index in [4.69, 9.17) is 16.6 Å². The van der Waals surface area contributed by atoms with Crippen molar-refractivity contribution in [3.05, 3.63) is 71.3 Å². The molecule has 1 N–H and O–H groups in total. The SMILES string of the molecule is C[C@@H]1CN(C)Cc2nc3cc(C(=O)Nc4ccc(OC(F)(F)Cl)cc4)cc(-c4cnc5c(c4)C(=O)N(C4CC4)C5)c3n21. The maximum atomic E-state index is 13.5. The molecule has 4 heterocycles. The largest absolute Gasteiger partial charge is 0.487 e. The summed E-state index contributed by atoms with van der Waals surface area (Å²) in [4.78, 5) is 40.4. The van der Waals surface area contributed by atoms with Gasteiger partial charge in [-0.3, -0.25) is 19.5 Å². The van der Waals surface area contributed by atoms with Crippen LogP contribution in [0.4, 0.5) is 14.5 Å². The maximum Gasteiger partial charge on any atom is 0.487 e. The van der Waals surface area contributed by atoms with Crippen LogP contribution in [0, 0.1) is 0 Å². The summed E-state index contributed by atoms with van der Waals surface area (Å²) in [5, 5.41) is 2.81. The number of halogens is 3. The minimum atomic E-state index is -3.83. The zero-order valence-corrected chi connectivity index (χ0v) is 23.7. The van der Waals surface area contributed by atoms with Crippen LogP contribution in [0.5, 0.6) is 5.75 Å². The molecule has 7 rings (SSSR count). The number of carbonyl (C=O) groups is 2. The minimum Gasteiger partial charge on any atom is -0.420 e. The number of likely N-dealkylation sites (N-methyl/N-ethyl adjacent to an activating group) is 1. The van der Waals surface area contributed by atoms with Crippen molar-refractivity contribution in [1.82, 2.24) is 24.3 Å². The maximum absolute atomic E-state index is 13.5. The third-order valence-electron chi connectivity index (χ3n) is 7.97. The van der Waals surface area contributed by atoms with E-state index in [1.54, 1.807) is 18.3 Å². The summed E-state index contributed by atoms with van der Waals surface area (Å²) < 4.78 is 32.5. The number of anilines is 1. The molecule has 9 nitrogen and oxygen atoms in total. The van der Waals surface area contributed by atoms with Gasteiger partial charge in [0.2, 0.25) is 0 Å². The van der Waals surface area contributed by atoms with Gasteiger partial charge in [0.1, 0.15) is 11.6 Å². The van der Waals surface area contributed by atoms with E-state index in [1.165, 1.54) is 24.3 Å². The van der Waals surface area contributed by atoms with Crippen LogP contribution in [0.1, 0.15) is 58.0 Å². The second-order valence-electron chi connectivity index (χ2n) is 11.2. The molecule has 0 unspecified atom stereocenters. The highest BCUT2D eigenvalue weighted by molar-refractivity contribution is 6.20. The van der Waals surface area contributed by atoms with Gasteiger partial charge in [-0.15, -0.1) is 8.78 Å². The van der Waals surface area contributed by atoms with Crippen molar-refractivity contribution in [2.45, 2.75) is 50.5 Å². The Bertz CT molecular complexity index is 1750. The van der Waals surface area contributed by atoms with Gasteiger partial charge < -0.3 is 19.5 Å². The van der Waals surface area contributed by atoms with Crippen molar-refractivity contribution in [1.29, 1.82) is 0 Å². The van der Waals surface area contributed by atoms with Crippen molar-refractivity contribution in [2.75, 3.05) is 18.9 Å². The standard InChI is InChI=1S/C30H27ClF2N6O3/c1-16-13-37(2)15-26-36-24-11-17(28(40)35-19-3-7-21(8-4-19)42-30(31,32)33)9-22(27(24)39(16)26)18-10-23-25(34-12-18)14-38(29(23)41)20-5-6-20/h3-4,7-12,16,20H,5-6,13-15H2,1-2H3,(H,35,40)/t16-/m1/s1. The minimum absolute atomic E-state index is 0.00310. The van der Waals surface area contributed by atoms with Crippen LogP contribution in [0.2, 0.25) is 0 Å². The molecule has 1 aliphatic carbocycles. The quantitative estimate of drug-likeness (QED) is 0.291. The van der Waals surface area contributed by atoms with Gasteiger partial charge in [0, 0.05) is 58.8 Å². The lowest BCUT2D eigenvalue weighted by Gasteiger charge is -2.30. The van der Waals surface area contributed by atoms with Crippen LogP contribution in [0.15, 0.2) is 48.7 Å². The number of nitrogens with one attached hydrogen (secondary N) is 1. The van der Waals surface area contributed by atoms with Crippen molar-refractivity contribution < 1.29 is 23.1 Å². The fourth-order valence-electron chi connectivity index (χ4n) is 6.02. The fourth-order valence-corrected chi connectivity index (χ4v) is 6.11. The van der Waals surface area contributed by atoms with Crippen LogP contribution in [0.25, 0.3) is 22.2 Å². The van der Waals surface area contributed by atoms with E-state index in [9.17, 15) is 18.4 Å². The monoisotopic (exact) mass is 592 g/mol. The first kappa shape index (κ1) is 26.8. The van der Waals surface area contributed by atoms with E-state index in [1.807, 2.05) is 18.0 Å². The molecule has 42 heavy (non-hydrogen) atoms. The predicted octanol–water partition coefficient (Wildman–Crippen LogP) is 5.64. The lowest BCUT2D eigenvalue weighted by Crippen LogP contribution is -2.33. The average molecular weight is 593 g/mol. The Hall–Kier alpha value is -4.09. The number of hydrogen-bond donors (Lipinski definition) is 1. The van der Waals surface area contributed by atoms with Gasteiger partial charge in [-0.25, -0.2) is 4.98 Å². The van der Waals surface area contributed by atoms with Gasteiger partial charge >= 0.3 is 5.57 Å². The lowest BCUT2D eigenvalue weighted by atomic mass is 9.99. The van der Waals surface area contributed by atoms with Crippen molar-refractivity contribution >= 4 is 40.1 Å². The van der Waals surface area contributed by atoms with E-state index in [0.717, 1.165) is 47.5 Å². The van der Waals surface area contributed by atoms with Gasteiger partial charge in [-0.2, -0.15) is 0 Å². The number of carbonyl (C=O) groups excluding carboxylic acids is 2. The zero-order chi connectivity index (χ0) is 29.3. The van der Waals surface area contributed by atoms with Gasteiger partial charge in [0.15, 0.2) is 0 Å². The van der Waals surface area contributed by atoms with Gasteiger partial charge in [0.05, 0.1) is 35.4 Å². The molecule has 1 atom stereocenters. The van der Waals surface area contributed by atoms with Gasteiger partial charge in [-0.1, -0.05) is 0 Å². The molecule has 12 heteroatoms. The number of ether oxygens (including phenoxy) is 1. The molecule has 2 aromatic heterocycles. The van der Waals surface area contributed by atoms with Crippen LogP contribution in [0.3, 0.4) is 0 Å². The Labute approximate surface area is 245 Å². The number of imidazole rings is 1. The Morgan fingerprint density at radius 1 is 1.12 bits per heavy atom. The normalized spacial score (nSPS) is 18.7. The highest BCUT2D eigenvalue weighted by atomic mass is 35.5. The number of aromatic nitrogens is 3. The second kappa shape index (κ2) is 9.74. The molecule has 4 aromatic rings. The van der Waals surface area contributed by atoms with Crippen LogP contribution >= 0.6 is 11.6 Å². The van der Waals surface area contributed by atoms with Crippen LogP contribution in [-0.2, 0) is 13.1 Å². The van der Waals surface area contributed by atoms with Gasteiger partial charge in [0.25, 0.3) is 11.8 Å². The molecular weight excluding hydrogens is 566 g/mol. The number of fused-ring (bicyclic) bond motifs is 4. The van der Waals surface area contributed by atoms with E-state index < -0.39 is 11.5 Å². The number of rotatable bonds is 6. The summed E-state index contributed by atoms with van der Waals surface area (Å²) in [6.07, 6.45) is 3.81. The van der Waals surface area contributed by atoms with E-state index >= 15 is 0 Å². The smallest absolute Gasteiger partial charge is 0.420 e. The molecule has 0 bridgehead atoms. The van der Waals surface area contributed by atoms with E-state index in [0.29, 0.717) is 41.5 Å². The van der Waals surface area contributed by atoms with Crippen LogP contribution < -0.4 is 10.1 Å². The van der Waals surface area contributed by atoms with Crippen molar-refractivity contribution in [2.24, 2.45) is 0 Å². The number of nitrogens with zero attached hydrogens (tertiary/aromatic N) is 5. The highest BCUT2D eigenvalue weighted by Crippen LogP contribution is 2.39. The summed E-state index contributed by atoms with van der Waals surface area (Å²) >= 11 is 4.84. The molecule has 2 amide bonds. The Kier molecular flexibility index (Phi) is 6.21. The Balaban J connectivity index is 1.29. The molecule has 1 fully saturated rings. The molecule has 2 aliphatic heterocycles. The summed E-state index contributed by atoms with van der Waals surface area (Å²) in [5.41, 5.74) is 1.31. The van der Waals surface area contributed by atoms with Crippen LogP contribution in [-0.4, -0.2) is 61.4 Å². The fraction of sp³-hybridized carbons (Fsp3) is 0.333. The first-order valence-electron chi connectivity index (χ1n) is 13.7. The summed E-state index contributed by atoms with van der Waals surface area (Å²) in [7, 11) is 2.05. The van der Waals surface area contributed by atoms with E-state index in [-0.39, 0.29) is 17.7 Å². The van der Waals surface area contributed by atoms with Crippen molar-refractivity contribution in [3.63, 3.8) is 0 Å². The third kappa shape index (κ3) is 4.86. The number of pyridine rings is 1. The highest BCUT2D eigenvalue weighted by Gasteiger charge is 2.39. The topological polar surface area (TPSA) is 92.6 Å². The molecular formula is C30H27ClF2N6O3. The number of hydrogen-bond acceptors (Lipinski definition) is 6. The van der Waals surface area contributed by atoms with Gasteiger partial charge in [-0.05, 0) is 69.3 Å². The molecule has 0 spiro atoms. The average Bonchev–Trinajstić information content (AvgIpc) is 3.62. The summed E-state index contributed by atoms with van der Waals surface area (Å²) in [6, 6.07) is 11.3. The molecule has 216 valence electrons. The number of benzene rings is 2. The number of alkyl halides is 3. The second-order valence-corrected chi connectivity index (χ2v) is 11.7.